The Morgan fingerprint density at radius 2 is 2.00 bits per heavy atom. The van der Waals surface area contributed by atoms with Crippen LogP contribution < -0.4 is 15.0 Å². The molecule has 156 valence electrons. The lowest BCUT2D eigenvalue weighted by Gasteiger charge is -2.14. The van der Waals surface area contributed by atoms with Crippen LogP contribution in [0.5, 0.6) is 11.5 Å². The lowest BCUT2D eigenvalue weighted by atomic mass is 10.1. The maximum absolute atomic E-state index is 12.7. The normalized spacial score (nSPS) is 10.8. The number of aryl methyl sites for hydroxylation is 2. The highest BCUT2D eigenvalue weighted by molar-refractivity contribution is 9.10. The predicted molar refractivity (Wildman–Crippen MR) is 125 cm³/mol. The molecule has 1 N–H and O–H groups in total. The average Bonchev–Trinajstić information content (AvgIpc) is 3.06. The summed E-state index contributed by atoms with van der Waals surface area (Å²) in [5.74, 6) is 1.45. The quantitative estimate of drug-likeness (QED) is 0.395. The molecular weight excluding hydrogens is 478 g/mol. The van der Waals surface area contributed by atoms with Gasteiger partial charge < -0.3 is 14.5 Å². The van der Waals surface area contributed by atoms with Gasteiger partial charge in [0.05, 0.1) is 24.1 Å². The summed E-state index contributed by atoms with van der Waals surface area (Å²) in [5.41, 5.74) is 2.82. The molecule has 6 nitrogen and oxygen atoms in total. The summed E-state index contributed by atoms with van der Waals surface area (Å²) in [5, 5.41) is 9.90. The predicted octanol–water partition coefficient (Wildman–Crippen LogP) is 5.49. The Hall–Kier alpha value is -3.15. The smallest absolute Gasteiger partial charge is 0.260 e. The maximum Gasteiger partial charge on any atom is 0.260 e. The van der Waals surface area contributed by atoms with Gasteiger partial charge in [-0.2, -0.15) is 5.26 Å². The molecule has 0 aliphatic heterocycles. The number of aromatic amines is 1. The van der Waals surface area contributed by atoms with Gasteiger partial charge in [0, 0.05) is 20.5 Å². The Labute approximate surface area is 191 Å². The first-order chi connectivity index (χ1) is 14.9. The van der Waals surface area contributed by atoms with Crippen LogP contribution >= 0.6 is 27.3 Å². The number of nitriles is 1. The summed E-state index contributed by atoms with van der Waals surface area (Å²) in [4.78, 5) is 22.0. The van der Waals surface area contributed by atoms with Gasteiger partial charge in [0.2, 0.25) is 0 Å². The average molecular weight is 496 g/mol. The molecule has 0 bridgehead atoms. The number of nitrogens with one attached hydrogen (secondary N) is 1. The number of hydrogen-bond donors (Lipinski definition) is 1. The van der Waals surface area contributed by atoms with Crippen LogP contribution in [0.2, 0.25) is 0 Å². The van der Waals surface area contributed by atoms with E-state index in [0.29, 0.717) is 43.1 Å². The van der Waals surface area contributed by atoms with Gasteiger partial charge in [-0.3, -0.25) is 4.79 Å². The zero-order chi connectivity index (χ0) is 22.1. The monoisotopic (exact) mass is 495 g/mol. The number of rotatable bonds is 5. The largest absolute Gasteiger partial charge is 0.493 e. The van der Waals surface area contributed by atoms with Crippen molar-refractivity contribution in [1.29, 1.82) is 5.26 Å². The van der Waals surface area contributed by atoms with Gasteiger partial charge in [-0.1, -0.05) is 18.2 Å². The first-order valence-electron chi connectivity index (χ1n) is 9.41. The molecule has 4 aromatic rings. The molecule has 0 atom stereocenters. The van der Waals surface area contributed by atoms with E-state index in [2.05, 4.69) is 32.0 Å². The summed E-state index contributed by atoms with van der Waals surface area (Å²) in [7, 11) is 1.55. The van der Waals surface area contributed by atoms with Crippen LogP contribution in [-0.4, -0.2) is 17.1 Å². The van der Waals surface area contributed by atoms with Crippen molar-refractivity contribution in [1.82, 2.24) is 9.97 Å². The van der Waals surface area contributed by atoms with Crippen molar-refractivity contribution in [3.8, 4) is 29.0 Å². The fraction of sp³-hybridized carbons (Fsp3) is 0.174. The van der Waals surface area contributed by atoms with Gasteiger partial charge >= 0.3 is 0 Å². The molecule has 0 amide bonds. The number of fused-ring (bicyclic) bond motifs is 1. The number of benzene rings is 2. The second kappa shape index (κ2) is 8.53. The second-order valence-corrected chi connectivity index (χ2v) is 8.98. The number of H-pyrrole nitrogens is 1. The van der Waals surface area contributed by atoms with Crippen LogP contribution in [0.4, 0.5) is 0 Å². The number of thiophene rings is 1. The SMILES string of the molecule is COc1cc(-c2nc3sc(C)c(C)c3c(=O)[nH]2)c(Br)cc1OCc1ccccc1C#N. The van der Waals surface area contributed by atoms with E-state index in [1.165, 1.54) is 11.3 Å². The number of methoxy groups -OCH3 is 1. The van der Waals surface area contributed by atoms with Crippen LogP contribution in [0.3, 0.4) is 0 Å². The van der Waals surface area contributed by atoms with Crippen molar-refractivity contribution in [3.63, 3.8) is 0 Å². The van der Waals surface area contributed by atoms with Gasteiger partial charge in [0.15, 0.2) is 11.5 Å². The number of aromatic nitrogens is 2. The highest BCUT2D eigenvalue weighted by Crippen LogP contribution is 2.38. The van der Waals surface area contributed by atoms with E-state index in [-0.39, 0.29) is 12.2 Å². The van der Waals surface area contributed by atoms with Gasteiger partial charge in [-0.05, 0) is 53.5 Å². The summed E-state index contributed by atoms with van der Waals surface area (Å²) in [6.07, 6.45) is 0. The Kier molecular flexibility index (Phi) is 5.81. The van der Waals surface area contributed by atoms with Crippen molar-refractivity contribution < 1.29 is 9.47 Å². The molecule has 2 aromatic carbocycles. The Bertz CT molecular complexity index is 1400. The third kappa shape index (κ3) is 3.94. The first-order valence-corrected chi connectivity index (χ1v) is 11.0. The zero-order valence-corrected chi connectivity index (χ0v) is 19.5. The molecule has 0 fully saturated rings. The lowest BCUT2D eigenvalue weighted by Crippen LogP contribution is -2.09. The molecule has 0 aliphatic carbocycles. The van der Waals surface area contributed by atoms with Crippen LogP contribution in [0, 0.1) is 25.2 Å². The van der Waals surface area contributed by atoms with Crippen molar-refractivity contribution in [2.24, 2.45) is 0 Å². The van der Waals surface area contributed by atoms with Crippen molar-refractivity contribution in [2.45, 2.75) is 20.5 Å². The molecule has 4 rings (SSSR count). The molecule has 0 radical (unpaired) electrons. The summed E-state index contributed by atoms with van der Waals surface area (Å²) >= 11 is 5.06. The van der Waals surface area contributed by atoms with Crippen molar-refractivity contribution in [2.75, 3.05) is 7.11 Å². The van der Waals surface area contributed by atoms with Gasteiger partial charge in [-0.15, -0.1) is 11.3 Å². The molecule has 31 heavy (non-hydrogen) atoms. The fourth-order valence-corrected chi connectivity index (χ4v) is 4.82. The third-order valence-corrected chi connectivity index (χ3v) is 6.83. The summed E-state index contributed by atoms with van der Waals surface area (Å²) in [6, 6.07) is 13.0. The topological polar surface area (TPSA) is 88.0 Å². The van der Waals surface area contributed by atoms with Crippen LogP contribution in [-0.2, 0) is 6.61 Å². The van der Waals surface area contributed by atoms with Crippen LogP contribution in [0.25, 0.3) is 21.6 Å². The number of halogens is 1. The van der Waals surface area contributed by atoms with E-state index in [4.69, 9.17) is 9.47 Å². The molecule has 0 unspecified atom stereocenters. The van der Waals surface area contributed by atoms with E-state index < -0.39 is 0 Å². The van der Waals surface area contributed by atoms with E-state index >= 15 is 0 Å². The van der Waals surface area contributed by atoms with Crippen LogP contribution in [0.15, 0.2) is 45.7 Å². The number of nitrogens with zero attached hydrogens (tertiary/aromatic N) is 2. The molecule has 0 saturated heterocycles. The Balaban J connectivity index is 1.72. The summed E-state index contributed by atoms with van der Waals surface area (Å²) in [6.45, 7) is 4.14. The minimum atomic E-state index is -0.166. The molecule has 0 spiro atoms. The lowest BCUT2D eigenvalue weighted by molar-refractivity contribution is 0.284. The molecule has 8 heteroatoms. The number of ether oxygens (including phenoxy) is 2. The van der Waals surface area contributed by atoms with Gasteiger partial charge in [0.25, 0.3) is 5.56 Å². The first kappa shape index (κ1) is 21.1. The molecule has 2 heterocycles. The maximum atomic E-state index is 12.7. The van der Waals surface area contributed by atoms with E-state index in [1.54, 1.807) is 25.3 Å². The zero-order valence-electron chi connectivity index (χ0n) is 17.1. The minimum absolute atomic E-state index is 0.166. The standard InChI is InChI=1S/C23H18BrN3O3S/c1-12-13(2)31-23-20(12)22(28)26-21(27-23)16-8-18(29-3)19(9-17(16)24)30-11-15-7-5-4-6-14(15)10-25/h4-9H,11H2,1-3H3,(H,26,27,28). The fourth-order valence-electron chi connectivity index (χ4n) is 3.28. The molecule has 0 saturated carbocycles. The minimum Gasteiger partial charge on any atom is -0.493 e. The molecular formula is C23H18BrN3O3S. The van der Waals surface area contributed by atoms with E-state index in [1.807, 2.05) is 32.0 Å². The Morgan fingerprint density at radius 1 is 1.23 bits per heavy atom. The highest BCUT2D eigenvalue weighted by Gasteiger charge is 2.17. The molecule has 2 aromatic heterocycles. The Morgan fingerprint density at radius 3 is 2.74 bits per heavy atom. The third-order valence-electron chi connectivity index (χ3n) is 5.07. The molecule has 0 aliphatic rings. The van der Waals surface area contributed by atoms with E-state index in [0.717, 1.165) is 16.0 Å². The highest BCUT2D eigenvalue weighted by atomic mass is 79.9. The second-order valence-electron chi connectivity index (χ2n) is 6.92. The van der Waals surface area contributed by atoms with Gasteiger partial charge in [0.1, 0.15) is 17.3 Å². The summed E-state index contributed by atoms with van der Waals surface area (Å²) < 4.78 is 12.2. The van der Waals surface area contributed by atoms with E-state index in [9.17, 15) is 10.1 Å². The van der Waals surface area contributed by atoms with Crippen molar-refractivity contribution >= 4 is 37.5 Å². The van der Waals surface area contributed by atoms with Gasteiger partial charge in [-0.25, -0.2) is 4.98 Å². The van der Waals surface area contributed by atoms with Crippen molar-refractivity contribution in [3.05, 3.63) is 72.8 Å². The number of hydrogen-bond acceptors (Lipinski definition) is 6. The van der Waals surface area contributed by atoms with Crippen LogP contribution in [0.1, 0.15) is 21.6 Å².